The van der Waals surface area contributed by atoms with Gasteiger partial charge in [-0.2, -0.15) is 0 Å². The van der Waals surface area contributed by atoms with Crippen molar-refractivity contribution in [3.05, 3.63) is 23.7 Å². The molecule has 0 spiro atoms. The number of aliphatic hydroxyl groups excluding tert-OH is 1. The van der Waals surface area contributed by atoms with Gasteiger partial charge in [-0.1, -0.05) is 6.92 Å². The molecule has 1 rings (SSSR count). The number of aryl methyl sites for hydroxylation is 1. The first-order valence-corrected chi connectivity index (χ1v) is 5.49. The van der Waals surface area contributed by atoms with E-state index in [9.17, 15) is 5.11 Å². The number of thioether (sulfide) groups is 1. The fourth-order valence-electron chi connectivity index (χ4n) is 0.916. The van der Waals surface area contributed by atoms with Crippen LogP contribution in [0.5, 0.6) is 0 Å². The Morgan fingerprint density at radius 3 is 2.62 bits per heavy atom. The molecule has 0 saturated heterocycles. The summed E-state index contributed by atoms with van der Waals surface area (Å²) in [5, 5.41) is 9.51. The van der Waals surface area contributed by atoms with Crippen LogP contribution in [0, 0.1) is 6.92 Å². The minimum Gasteiger partial charge on any atom is -0.466 e. The Morgan fingerprint density at radius 1 is 1.46 bits per heavy atom. The maximum Gasteiger partial charge on any atom is 0.114 e. The number of aliphatic hydroxyl groups is 1. The molecule has 1 heterocycles. The molecule has 13 heavy (non-hydrogen) atoms. The highest BCUT2D eigenvalue weighted by molar-refractivity contribution is 7.99. The molecular weight excluding hydrogens is 184 g/mol. The highest BCUT2D eigenvalue weighted by atomic mass is 32.2. The first-order valence-electron chi connectivity index (χ1n) is 4.44. The predicted octanol–water partition coefficient (Wildman–Crippen LogP) is 2.59. The van der Waals surface area contributed by atoms with Gasteiger partial charge < -0.3 is 9.52 Å². The third-order valence-corrected chi connectivity index (χ3v) is 3.33. The molecule has 3 heteroatoms. The molecule has 0 fully saturated rings. The highest BCUT2D eigenvalue weighted by Gasteiger charge is 2.09. The number of rotatable bonds is 4. The Hall–Kier alpha value is -0.410. The van der Waals surface area contributed by atoms with Gasteiger partial charge in [-0.15, -0.1) is 11.8 Å². The van der Waals surface area contributed by atoms with E-state index in [1.807, 2.05) is 32.9 Å². The van der Waals surface area contributed by atoms with Crippen LogP contribution in [0.1, 0.15) is 25.4 Å². The maximum absolute atomic E-state index is 9.25. The summed E-state index contributed by atoms with van der Waals surface area (Å²) in [6, 6.07) is 3.94. The van der Waals surface area contributed by atoms with Gasteiger partial charge in [-0.3, -0.25) is 0 Å². The smallest absolute Gasteiger partial charge is 0.114 e. The summed E-state index contributed by atoms with van der Waals surface area (Å²) in [5.74, 6) is 2.76. The van der Waals surface area contributed by atoms with Crippen LogP contribution in [-0.2, 0) is 5.75 Å². The van der Waals surface area contributed by atoms with Crippen LogP contribution in [-0.4, -0.2) is 16.5 Å². The molecule has 74 valence electrons. The van der Waals surface area contributed by atoms with Gasteiger partial charge in [0, 0.05) is 5.25 Å². The Labute approximate surface area is 83.3 Å². The standard InChI is InChI=1S/C10H16O2S/c1-7-4-5-10(12-7)6-13-9(3)8(2)11/h4-5,8-9,11H,6H2,1-3H3. The molecule has 0 radical (unpaired) electrons. The molecule has 0 aromatic carbocycles. The molecule has 0 aliphatic carbocycles. The lowest BCUT2D eigenvalue weighted by atomic mass is 10.3. The summed E-state index contributed by atoms with van der Waals surface area (Å²) in [6.07, 6.45) is -0.263. The number of hydrogen-bond acceptors (Lipinski definition) is 3. The van der Waals surface area contributed by atoms with E-state index in [1.54, 1.807) is 11.8 Å². The molecule has 0 saturated carbocycles. The Kier molecular flexibility index (Phi) is 3.88. The molecule has 0 aliphatic rings. The summed E-state index contributed by atoms with van der Waals surface area (Å²) in [7, 11) is 0. The van der Waals surface area contributed by atoms with Crippen LogP contribution >= 0.6 is 11.8 Å². The van der Waals surface area contributed by atoms with E-state index < -0.39 is 0 Å². The fraction of sp³-hybridized carbons (Fsp3) is 0.600. The molecule has 1 aromatic heterocycles. The molecule has 0 bridgehead atoms. The lowest BCUT2D eigenvalue weighted by Gasteiger charge is -2.12. The fourth-order valence-corrected chi connectivity index (χ4v) is 1.78. The topological polar surface area (TPSA) is 33.4 Å². The zero-order valence-electron chi connectivity index (χ0n) is 8.28. The van der Waals surface area contributed by atoms with Gasteiger partial charge in [0.2, 0.25) is 0 Å². The average molecular weight is 200 g/mol. The van der Waals surface area contributed by atoms with E-state index in [2.05, 4.69) is 0 Å². The minimum absolute atomic E-state index is 0.255. The lowest BCUT2D eigenvalue weighted by molar-refractivity contribution is 0.196. The zero-order chi connectivity index (χ0) is 9.84. The van der Waals surface area contributed by atoms with E-state index >= 15 is 0 Å². The van der Waals surface area contributed by atoms with Gasteiger partial charge in [0.25, 0.3) is 0 Å². The largest absolute Gasteiger partial charge is 0.466 e. The quantitative estimate of drug-likeness (QED) is 0.811. The minimum atomic E-state index is -0.263. The van der Waals surface area contributed by atoms with Gasteiger partial charge >= 0.3 is 0 Å². The molecule has 0 aliphatic heterocycles. The van der Waals surface area contributed by atoms with Gasteiger partial charge in [0.1, 0.15) is 11.5 Å². The van der Waals surface area contributed by atoms with Gasteiger partial charge in [0.05, 0.1) is 11.9 Å². The van der Waals surface area contributed by atoms with Crippen molar-refractivity contribution < 1.29 is 9.52 Å². The van der Waals surface area contributed by atoms with E-state index in [-0.39, 0.29) is 11.4 Å². The van der Waals surface area contributed by atoms with Crippen LogP contribution < -0.4 is 0 Å². The summed E-state index contributed by atoms with van der Waals surface area (Å²) in [6.45, 7) is 5.77. The molecule has 2 nitrogen and oxygen atoms in total. The van der Waals surface area contributed by atoms with Crippen molar-refractivity contribution in [3.8, 4) is 0 Å². The number of furan rings is 1. The average Bonchev–Trinajstić information content (AvgIpc) is 2.47. The second kappa shape index (κ2) is 4.72. The van der Waals surface area contributed by atoms with Crippen molar-refractivity contribution in [2.24, 2.45) is 0 Å². The zero-order valence-corrected chi connectivity index (χ0v) is 9.10. The Morgan fingerprint density at radius 2 is 2.15 bits per heavy atom. The van der Waals surface area contributed by atoms with Gasteiger partial charge in [-0.25, -0.2) is 0 Å². The lowest BCUT2D eigenvalue weighted by Crippen LogP contribution is -2.15. The molecule has 1 N–H and O–H groups in total. The van der Waals surface area contributed by atoms with Crippen molar-refractivity contribution in [2.45, 2.75) is 37.9 Å². The first kappa shape index (κ1) is 10.7. The van der Waals surface area contributed by atoms with Crippen molar-refractivity contribution in [2.75, 3.05) is 0 Å². The number of hydrogen-bond donors (Lipinski definition) is 1. The summed E-state index contributed by atoms with van der Waals surface area (Å²) in [4.78, 5) is 0. The summed E-state index contributed by atoms with van der Waals surface area (Å²) < 4.78 is 5.41. The summed E-state index contributed by atoms with van der Waals surface area (Å²) >= 11 is 1.71. The first-order chi connectivity index (χ1) is 6.09. The van der Waals surface area contributed by atoms with Crippen LogP contribution in [0.3, 0.4) is 0 Å². The van der Waals surface area contributed by atoms with Crippen molar-refractivity contribution >= 4 is 11.8 Å². The van der Waals surface area contributed by atoms with Gasteiger partial charge in [0.15, 0.2) is 0 Å². The van der Waals surface area contributed by atoms with Crippen molar-refractivity contribution in [3.63, 3.8) is 0 Å². The van der Waals surface area contributed by atoms with Crippen LogP contribution in [0.25, 0.3) is 0 Å². The third kappa shape index (κ3) is 3.44. The molecule has 2 unspecified atom stereocenters. The SMILES string of the molecule is Cc1ccc(CSC(C)C(C)O)o1. The van der Waals surface area contributed by atoms with Crippen LogP contribution in [0.4, 0.5) is 0 Å². The molecule has 0 amide bonds. The second-order valence-corrected chi connectivity index (χ2v) is 4.63. The van der Waals surface area contributed by atoms with Crippen molar-refractivity contribution in [1.82, 2.24) is 0 Å². The molecule has 1 aromatic rings. The van der Waals surface area contributed by atoms with E-state index in [0.29, 0.717) is 0 Å². The monoisotopic (exact) mass is 200 g/mol. The summed E-state index contributed by atoms with van der Waals surface area (Å²) in [5.41, 5.74) is 0. The molecule has 2 atom stereocenters. The highest BCUT2D eigenvalue weighted by Crippen LogP contribution is 2.21. The Bertz CT molecular complexity index is 255. The van der Waals surface area contributed by atoms with Crippen LogP contribution in [0.2, 0.25) is 0 Å². The predicted molar refractivity (Wildman–Crippen MR) is 55.9 cm³/mol. The van der Waals surface area contributed by atoms with E-state index in [0.717, 1.165) is 17.3 Å². The van der Waals surface area contributed by atoms with E-state index in [1.165, 1.54) is 0 Å². The second-order valence-electron chi connectivity index (χ2n) is 3.27. The third-order valence-electron chi connectivity index (χ3n) is 1.96. The molecular formula is C10H16O2S. The van der Waals surface area contributed by atoms with Crippen LogP contribution in [0.15, 0.2) is 16.5 Å². The van der Waals surface area contributed by atoms with Crippen molar-refractivity contribution in [1.29, 1.82) is 0 Å². The normalized spacial score (nSPS) is 15.7. The van der Waals surface area contributed by atoms with E-state index in [4.69, 9.17) is 4.42 Å². The maximum atomic E-state index is 9.25. The Balaban J connectivity index is 2.35. The van der Waals surface area contributed by atoms with Gasteiger partial charge in [-0.05, 0) is 26.0 Å².